The van der Waals surface area contributed by atoms with Crippen molar-refractivity contribution in [2.24, 2.45) is 0 Å². The minimum Gasteiger partial charge on any atom is -0.314 e. The third kappa shape index (κ3) is 5.27. The predicted molar refractivity (Wildman–Crippen MR) is 86.8 cm³/mol. The molecule has 1 aliphatic carbocycles. The molecule has 0 amide bonds. The lowest BCUT2D eigenvalue weighted by molar-refractivity contribution is 0.585. The van der Waals surface area contributed by atoms with Crippen LogP contribution in [0, 0.1) is 13.8 Å². The lowest BCUT2D eigenvalue weighted by Crippen LogP contribution is -2.17. The Labute approximate surface area is 126 Å². The Balaban J connectivity index is 1.60. The lowest BCUT2D eigenvalue weighted by Gasteiger charge is -2.09. The lowest BCUT2D eigenvalue weighted by atomic mass is 10.00. The zero-order valence-corrected chi connectivity index (χ0v) is 13.9. The minimum atomic E-state index is 0.869. The SMILES string of the molecule is Cc1cc(CCCCCCNC2CC2)c(C)cc1Br. The molecular formula is C17H26BrN. The van der Waals surface area contributed by atoms with E-state index in [0.29, 0.717) is 0 Å². The molecule has 0 heterocycles. The first kappa shape index (κ1) is 15.1. The molecule has 1 aliphatic rings. The summed E-state index contributed by atoms with van der Waals surface area (Å²) in [6, 6.07) is 5.46. The fourth-order valence-corrected chi connectivity index (χ4v) is 2.96. The molecule has 0 bridgehead atoms. The van der Waals surface area contributed by atoms with E-state index in [-0.39, 0.29) is 0 Å². The Kier molecular flexibility index (Phi) is 5.90. The van der Waals surface area contributed by atoms with Gasteiger partial charge in [-0.05, 0) is 75.3 Å². The third-order valence-electron chi connectivity index (χ3n) is 4.00. The highest BCUT2D eigenvalue weighted by atomic mass is 79.9. The molecule has 19 heavy (non-hydrogen) atoms. The zero-order chi connectivity index (χ0) is 13.7. The summed E-state index contributed by atoms with van der Waals surface area (Å²) in [4.78, 5) is 0. The Morgan fingerprint density at radius 3 is 2.53 bits per heavy atom. The van der Waals surface area contributed by atoms with E-state index in [9.17, 15) is 0 Å². The van der Waals surface area contributed by atoms with Crippen LogP contribution in [0.5, 0.6) is 0 Å². The number of hydrogen-bond donors (Lipinski definition) is 1. The van der Waals surface area contributed by atoms with Crippen LogP contribution in [0.1, 0.15) is 55.2 Å². The average molecular weight is 324 g/mol. The van der Waals surface area contributed by atoms with Crippen LogP contribution in [-0.2, 0) is 6.42 Å². The van der Waals surface area contributed by atoms with Crippen LogP contribution in [0.25, 0.3) is 0 Å². The highest BCUT2D eigenvalue weighted by Crippen LogP contribution is 2.22. The van der Waals surface area contributed by atoms with Crippen molar-refractivity contribution < 1.29 is 0 Å². The number of nitrogens with one attached hydrogen (secondary N) is 1. The Morgan fingerprint density at radius 1 is 1.05 bits per heavy atom. The summed E-state index contributed by atoms with van der Waals surface area (Å²) in [6.45, 7) is 5.62. The van der Waals surface area contributed by atoms with E-state index in [2.05, 4.69) is 47.2 Å². The van der Waals surface area contributed by atoms with Gasteiger partial charge in [-0.1, -0.05) is 34.8 Å². The Morgan fingerprint density at radius 2 is 1.79 bits per heavy atom. The quantitative estimate of drug-likeness (QED) is 0.669. The van der Waals surface area contributed by atoms with E-state index in [1.807, 2.05) is 0 Å². The topological polar surface area (TPSA) is 12.0 Å². The number of hydrogen-bond acceptors (Lipinski definition) is 1. The normalized spacial score (nSPS) is 14.9. The standard InChI is InChI=1S/C17H26BrN/c1-13-12-17(18)14(2)11-15(13)7-5-3-4-6-10-19-16-8-9-16/h11-12,16,19H,3-10H2,1-2H3. The van der Waals surface area contributed by atoms with Crippen molar-refractivity contribution in [2.45, 2.75) is 64.8 Å². The monoisotopic (exact) mass is 323 g/mol. The highest BCUT2D eigenvalue weighted by molar-refractivity contribution is 9.10. The van der Waals surface area contributed by atoms with Gasteiger partial charge in [0.15, 0.2) is 0 Å². The van der Waals surface area contributed by atoms with Gasteiger partial charge in [-0.2, -0.15) is 0 Å². The van der Waals surface area contributed by atoms with Crippen molar-refractivity contribution >= 4 is 15.9 Å². The van der Waals surface area contributed by atoms with Crippen molar-refractivity contribution in [1.82, 2.24) is 5.32 Å². The second-order valence-corrected chi connectivity index (χ2v) is 6.77. The van der Waals surface area contributed by atoms with Crippen molar-refractivity contribution in [1.29, 1.82) is 0 Å². The summed E-state index contributed by atoms with van der Waals surface area (Å²) in [5, 5.41) is 3.58. The van der Waals surface area contributed by atoms with E-state index in [0.717, 1.165) is 6.04 Å². The first-order valence-corrected chi connectivity index (χ1v) is 8.45. The van der Waals surface area contributed by atoms with Crippen LogP contribution in [0.2, 0.25) is 0 Å². The summed E-state index contributed by atoms with van der Waals surface area (Å²) in [7, 11) is 0. The highest BCUT2D eigenvalue weighted by Gasteiger charge is 2.19. The van der Waals surface area contributed by atoms with Gasteiger partial charge in [0.1, 0.15) is 0 Å². The van der Waals surface area contributed by atoms with Crippen molar-refractivity contribution in [3.63, 3.8) is 0 Å². The van der Waals surface area contributed by atoms with Crippen LogP contribution < -0.4 is 5.32 Å². The fraction of sp³-hybridized carbons (Fsp3) is 0.647. The summed E-state index contributed by atoms with van der Waals surface area (Å²) in [5.74, 6) is 0. The molecule has 0 aliphatic heterocycles. The summed E-state index contributed by atoms with van der Waals surface area (Å²) >= 11 is 3.60. The molecule has 2 rings (SSSR count). The molecule has 1 aromatic carbocycles. The molecule has 0 radical (unpaired) electrons. The molecular weight excluding hydrogens is 298 g/mol. The van der Waals surface area contributed by atoms with E-state index in [4.69, 9.17) is 0 Å². The first-order valence-electron chi connectivity index (χ1n) is 7.66. The van der Waals surface area contributed by atoms with Crippen molar-refractivity contribution in [3.05, 3.63) is 33.3 Å². The molecule has 1 aromatic rings. The molecule has 0 saturated heterocycles. The molecule has 1 fully saturated rings. The molecule has 0 atom stereocenters. The maximum absolute atomic E-state index is 3.60. The molecule has 106 valence electrons. The van der Waals surface area contributed by atoms with E-state index < -0.39 is 0 Å². The van der Waals surface area contributed by atoms with Crippen LogP contribution in [0.4, 0.5) is 0 Å². The summed E-state index contributed by atoms with van der Waals surface area (Å²) < 4.78 is 1.24. The number of benzene rings is 1. The van der Waals surface area contributed by atoms with Crippen molar-refractivity contribution in [3.8, 4) is 0 Å². The number of aryl methyl sites for hydroxylation is 3. The van der Waals surface area contributed by atoms with Gasteiger partial charge in [0.05, 0.1) is 0 Å². The van der Waals surface area contributed by atoms with Gasteiger partial charge in [-0.25, -0.2) is 0 Å². The maximum Gasteiger partial charge on any atom is 0.0207 e. The second-order valence-electron chi connectivity index (χ2n) is 5.92. The van der Waals surface area contributed by atoms with Gasteiger partial charge >= 0.3 is 0 Å². The molecule has 0 unspecified atom stereocenters. The fourth-order valence-electron chi connectivity index (χ4n) is 2.50. The van der Waals surface area contributed by atoms with Gasteiger partial charge in [0, 0.05) is 10.5 Å². The molecule has 1 N–H and O–H groups in total. The summed E-state index contributed by atoms with van der Waals surface area (Å²) in [6.07, 6.45) is 9.44. The van der Waals surface area contributed by atoms with Gasteiger partial charge in [0.2, 0.25) is 0 Å². The minimum absolute atomic E-state index is 0.869. The predicted octanol–water partition coefficient (Wildman–Crippen LogP) is 4.92. The molecule has 2 heteroatoms. The first-order chi connectivity index (χ1) is 9.16. The molecule has 0 aromatic heterocycles. The number of halogens is 1. The number of unbranched alkanes of at least 4 members (excludes halogenated alkanes) is 3. The Bertz CT molecular complexity index is 410. The van der Waals surface area contributed by atoms with Crippen LogP contribution in [-0.4, -0.2) is 12.6 Å². The van der Waals surface area contributed by atoms with E-state index in [1.165, 1.54) is 72.7 Å². The summed E-state index contributed by atoms with van der Waals surface area (Å²) in [5.41, 5.74) is 4.30. The smallest absolute Gasteiger partial charge is 0.0207 e. The Hall–Kier alpha value is -0.340. The molecule has 1 saturated carbocycles. The van der Waals surface area contributed by atoms with Crippen LogP contribution in [0.15, 0.2) is 16.6 Å². The molecule has 1 nitrogen and oxygen atoms in total. The van der Waals surface area contributed by atoms with Crippen molar-refractivity contribution in [2.75, 3.05) is 6.54 Å². The third-order valence-corrected chi connectivity index (χ3v) is 4.85. The van der Waals surface area contributed by atoms with Crippen LogP contribution >= 0.6 is 15.9 Å². The average Bonchev–Trinajstić information content (AvgIpc) is 3.18. The number of rotatable bonds is 8. The van der Waals surface area contributed by atoms with Gasteiger partial charge in [-0.3, -0.25) is 0 Å². The van der Waals surface area contributed by atoms with E-state index >= 15 is 0 Å². The largest absolute Gasteiger partial charge is 0.314 e. The second kappa shape index (κ2) is 7.44. The van der Waals surface area contributed by atoms with Gasteiger partial charge in [-0.15, -0.1) is 0 Å². The molecule has 0 spiro atoms. The maximum atomic E-state index is 3.60. The van der Waals surface area contributed by atoms with Gasteiger partial charge in [0.25, 0.3) is 0 Å². The van der Waals surface area contributed by atoms with Gasteiger partial charge < -0.3 is 5.32 Å². The van der Waals surface area contributed by atoms with E-state index in [1.54, 1.807) is 0 Å². The van der Waals surface area contributed by atoms with Crippen LogP contribution in [0.3, 0.4) is 0 Å². The zero-order valence-electron chi connectivity index (χ0n) is 12.3.